The summed E-state index contributed by atoms with van der Waals surface area (Å²) < 4.78 is 12.1. The van der Waals surface area contributed by atoms with Gasteiger partial charge in [-0.25, -0.2) is 9.97 Å². The number of hydrogen-bond donors (Lipinski definition) is 1. The van der Waals surface area contributed by atoms with Crippen LogP contribution in [-0.4, -0.2) is 31.7 Å². The molecule has 0 aliphatic carbocycles. The maximum atomic E-state index is 11.3. The van der Waals surface area contributed by atoms with Crippen LogP contribution in [0, 0.1) is 0 Å². The Kier molecular flexibility index (Phi) is 5.12. The van der Waals surface area contributed by atoms with E-state index in [9.17, 15) is 4.21 Å². The van der Waals surface area contributed by atoms with E-state index in [1.165, 1.54) is 0 Å². The van der Waals surface area contributed by atoms with Crippen LogP contribution >= 0.6 is 15.9 Å². The molecule has 1 aliphatic heterocycles. The van der Waals surface area contributed by atoms with Crippen LogP contribution < -0.4 is 5.32 Å². The lowest BCUT2D eigenvalue weighted by Gasteiger charge is -2.23. The van der Waals surface area contributed by atoms with E-state index in [4.69, 9.17) is 0 Å². The molecule has 0 spiro atoms. The molecule has 4 nitrogen and oxygen atoms in total. The van der Waals surface area contributed by atoms with Crippen LogP contribution in [0.5, 0.6) is 0 Å². The molecule has 0 amide bonds. The summed E-state index contributed by atoms with van der Waals surface area (Å²) >= 11 is 3.42. The lowest BCUT2D eigenvalue weighted by Crippen LogP contribution is -2.29. The number of rotatable bonds is 4. The van der Waals surface area contributed by atoms with E-state index in [1.807, 2.05) is 6.07 Å². The van der Waals surface area contributed by atoms with Crippen LogP contribution in [-0.2, 0) is 17.2 Å². The average molecular weight is 332 g/mol. The molecule has 1 N–H and O–H groups in total. The molecule has 0 bridgehead atoms. The topological polar surface area (TPSA) is 54.9 Å². The van der Waals surface area contributed by atoms with E-state index < -0.39 is 10.8 Å². The van der Waals surface area contributed by atoms with Gasteiger partial charge >= 0.3 is 0 Å². The van der Waals surface area contributed by atoms with Crippen LogP contribution in [0.2, 0.25) is 0 Å². The normalized spacial score (nSPS) is 23.9. The fourth-order valence-corrected chi connectivity index (χ4v) is 3.74. The summed E-state index contributed by atoms with van der Waals surface area (Å²) in [5.41, 5.74) is 0. The lowest BCUT2D eigenvalue weighted by molar-refractivity contribution is 0.621. The third-order valence-electron chi connectivity index (χ3n) is 2.95. The molecule has 100 valence electrons. The Morgan fingerprint density at radius 3 is 2.83 bits per heavy atom. The largest absolute Gasteiger partial charge is 0.367 e. The molecule has 2 rings (SSSR count). The maximum absolute atomic E-state index is 11.3. The summed E-state index contributed by atoms with van der Waals surface area (Å²) in [7, 11) is -0.613. The average Bonchev–Trinajstić information content (AvgIpc) is 2.32. The van der Waals surface area contributed by atoms with Gasteiger partial charge in [0.1, 0.15) is 16.2 Å². The van der Waals surface area contributed by atoms with E-state index in [0.717, 1.165) is 53.4 Å². The molecule has 2 heterocycles. The van der Waals surface area contributed by atoms with Crippen molar-refractivity contribution in [2.75, 3.05) is 16.8 Å². The van der Waals surface area contributed by atoms with Crippen molar-refractivity contribution in [3.05, 3.63) is 16.5 Å². The van der Waals surface area contributed by atoms with Gasteiger partial charge in [0.2, 0.25) is 0 Å². The third-order valence-corrected chi connectivity index (χ3v) is 4.74. The number of halogens is 1. The number of hydrogen-bond acceptors (Lipinski definition) is 4. The van der Waals surface area contributed by atoms with Gasteiger partial charge in [0.25, 0.3) is 0 Å². The first-order valence-electron chi connectivity index (χ1n) is 6.32. The van der Waals surface area contributed by atoms with Gasteiger partial charge in [0.15, 0.2) is 0 Å². The summed E-state index contributed by atoms with van der Waals surface area (Å²) in [6, 6.07) is 2.30. The number of nitrogens with zero attached hydrogens (tertiary/aromatic N) is 2. The van der Waals surface area contributed by atoms with E-state index in [1.54, 1.807) is 0 Å². The van der Waals surface area contributed by atoms with Crippen LogP contribution in [0.4, 0.5) is 5.82 Å². The summed E-state index contributed by atoms with van der Waals surface area (Å²) in [6.07, 6.45) is 3.84. The molecule has 1 saturated heterocycles. The van der Waals surface area contributed by atoms with Crippen molar-refractivity contribution < 1.29 is 4.21 Å². The van der Waals surface area contributed by atoms with Crippen LogP contribution in [0.15, 0.2) is 10.7 Å². The van der Waals surface area contributed by atoms with Gasteiger partial charge in [-0.3, -0.25) is 4.21 Å². The number of aromatic nitrogens is 2. The van der Waals surface area contributed by atoms with Crippen LogP contribution in [0.1, 0.15) is 32.0 Å². The van der Waals surface area contributed by atoms with Gasteiger partial charge in [-0.05, 0) is 35.2 Å². The van der Waals surface area contributed by atoms with Gasteiger partial charge in [0, 0.05) is 40.8 Å². The fourth-order valence-electron chi connectivity index (χ4n) is 2.02. The predicted octanol–water partition coefficient (Wildman–Crippen LogP) is 2.51. The molecule has 0 atom stereocenters. The molecule has 0 saturated carbocycles. The van der Waals surface area contributed by atoms with E-state index in [2.05, 4.69) is 38.1 Å². The van der Waals surface area contributed by atoms with Gasteiger partial charge in [0.05, 0.1) is 0 Å². The van der Waals surface area contributed by atoms with E-state index in [-0.39, 0.29) is 0 Å². The first kappa shape index (κ1) is 13.9. The Bertz CT molecular complexity index is 431. The predicted molar refractivity (Wildman–Crippen MR) is 78.2 cm³/mol. The molecule has 18 heavy (non-hydrogen) atoms. The molecule has 1 aromatic rings. The van der Waals surface area contributed by atoms with Crippen molar-refractivity contribution in [3.8, 4) is 0 Å². The monoisotopic (exact) mass is 331 g/mol. The second-order valence-corrected chi connectivity index (χ2v) is 7.02. The van der Waals surface area contributed by atoms with E-state index >= 15 is 0 Å². The second-order valence-electron chi connectivity index (χ2n) is 4.51. The molecule has 0 unspecified atom stereocenters. The zero-order valence-electron chi connectivity index (χ0n) is 10.5. The number of anilines is 1. The van der Waals surface area contributed by atoms with Gasteiger partial charge < -0.3 is 5.32 Å². The van der Waals surface area contributed by atoms with Crippen molar-refractivity contribution in [1.82, 2.24) is 9.97 Å². The molecule has 0 aromatic carbocycles. The van der Waals surface area contributed by atoms with Gasteiger partial charge in [-0.1, -0.05) is 6.92 Å². The highest BCUT2D eigenvalue weighted by atomic mass is 79.9. The van der Waals surface area contributed by atoms with Crippen molar-refractivity contribution >= 4 is 32.5 Å². The summed E-state index contributed by atoms with van der Waals surface area (Å²) in [5.74, 6) is 3.34. The molecule has 1 aliphatic rings. The highest BCUT2D eigenvalue weighted by Gasteiger charge is 2.18. The smallest absolute Gasteiger partial charge is 0.132 e. The molecule has 1 aromatic heterocycles. The zero-order chi connectivity index (χ0) is 13.0. The summed E-state index contributed by atoms with van der Waals surface area (Å²) in [4.78, 5) is 8.85. The number of aryl methyl sites for hydroxylation is 1. The Balaban J connectivity index is 2.02. The highest BCUT2D eigenvalue weighted by molar-refractivity contribution is 9.10. The first-order valence-corrected chi connectivity index (χ1v) is 8.60. The minimum Gasteiger partial charge on any atom is -0.367 e. The fraction of sp³-hybridized carbons (Fsp3) is 0.667. The van der Waals surface area contributed by atoms with Crippen molar-refractivity contribution in [2.45, 2.75) is 38.6 Å². The quantitative estimate of drug-likeness (QED) is 0.861. The Morgan fingerprint density at radius 2 is 2.17 bits per heavy atom. The third kappa shape index (κ3) is 4.02. The zero-order valence-corrected chi connectivity index (χ0v) is 12.9. The van der Waals surface area contributed by atoms with Crippen molar-refractivity contribution in [3.63, 3.8) is 0 Å². The number of nitrogens with one attached hydrogen (secondary N) is 1. The minimum atomic E-state index is -0.613. The summed E-state index contributed by atoms with van der Waals surface area (Å²) in [5, 5.41) is 3.43. The molecular weight excluding hydrogens is 314 g/mol. The molecule has 0 radical (unpaired) electrons. The van der Waals surface area contributed by atoms with E-state index in [0.29, 0.717) is 6.04 Å². The minimum absolute atomic E-state index is 0.388. The van der Waals surface area contributed by atoms with Gasteiger partial charge in [-0.15, -0.1) is 0 Å². The highest BCUT2D eigenvalue weighted by Crippen LogP contribution is 2.18. The molecule has 1 fully saturated rings. The second kappa shape index (κ2) is 6.61. The molecular formula is C12H18BrN3OS. The maximum Gasteiger partial charge on any atom is 0.132 e. The Labute approximate surface area is 119 Å². The Hall–Kier alpha value is -0.490. The van der Waals surface area contributed by atoms with Gasteiger partial charge in [-0.2, -0.15) is 0 Å². The van der Waals surface area contributed by atoms with Crippen molar-refractivity contribution in [2.24, 2.45) is 0 Å². The molecule has 6 heteroatoms. The first-order chi connectivity index (χ1) is 8.67. The SMILES string of the molecule is CCCc1nc(Br)cc(NC2CCS(=O)CC2)n1. The van der Waals surface area contributed by atoms with Crippen LogP contribution in [0.3, 0.4) is 0 Å². The summed E-state index contributed by atoms with van der Waals surface area (Å²) in [6.45, 7) is 2.12. The van der Waals surface area contributed by atoms with Crippen molar-refractivity contribution in [1.29, 1.82) is 0 Å². The van der Waals surface area contributed by atoms with Crippen LogP contribution in [0.25, 0.3) is 0 Å². The lowest BCUT2D eigenvalue weighted by atomic mass is 10.1. The standard InChI is InChI=1S/C12H18BrN3OS/c1-2-3-11-15-10(13)8-12(16-11)14-9-4-6-18(17)7-5-9/h8-9H,2-7H2,1H3,(H,14,15,16). The Morgan fingerprint density at radius 1 is 1.44 bits per heavy atom.